The van der Waals surface area contributed by atoms with Crippen molar-refractivity contribution in [2.24, 2.45) is 28.1 Å². The summed E-state index contributed by atoms with van der Waals surface area (Å²) in [4.78, 5) is 81.6. The van der Waals surface area contributed by atoms with Gasteiger partial charge in [-0.25, -0.2) is 15.1 Å². The van der Waals surface area contributed by atoms with Gasteiger partial charge in [-0.05, 0) is 24.3 Å². The van der Waals surface area contributed by atoms with Gasteiger partial charge in [-0.2, -0.15) is 0 Å². The van der Waals surface area contributed by atoms with Gasteiger partial charge in [-0.3, -0.25) is 34.4 Å². The summed E-state index contributed by atoms with van der Waals surface area (Å²) in [5.74, 6) is -5.76. The van der Waals surface area contributed by atoms with Gasteiger partial charge in [0.2, 0.25) is 11.8 Å². The first kappa shape index (κ1) is 32.5. The van der Waals surface area contributed by atoms with Crippen LogP contribution in [0.5, 0.6) is 0 Å². The van der Waals surface area contributed by atoms with Crippen LogP contribution in [0, 0.1) is 5.92 Å². The van der Waals surface area contributed by atoms with Crippen LogP contribution in [0.1, 0.15) is 38.7 Å². The van der Waals surface area contributed by atoms with Crippen molar-refractivity contribution in [2.45, 2.75) is 63.7 Å². The van der Waals surface area contributed by atoms with Crippen molar-refractivity contribution in [3.05, 3.63) is 35.9 Å². The fourth-order valence-corrected chi connectivity index (χ4v) is 4.02. The molecule has 1 aromatic carbocycles. The maximum atomic E-state index is 13.6. The largest absolute Gasteiger partial charge is 0.481 e. The molecule has 1 heterocycles. The highest BCUT2D eigenvalue weighted by atomic mass is 16.4. The number of benzene rings is 1. The Hall–Kier alpha value is -4.73. The molecular weight excluding hydrogens is 538 g/mol. The number of hydrogen-bond donors (Lipinski definition) is 8. The van der Waals surface area contributed by atoms with Gasteiger partial charge in [-0.15, -0.1) is 0 Å². The smallest absolute Gasteiger partial charge is 0.343 e. The Morgan fingerprint density at radius 2 is 1.71 bits per heavy atom. The number of rotatable bonds is 10. The van der Waals surface area contributed by atoms with Crippen molar-refractivity contribution in [3.8, 4) is 0 Å². The maximum absolute atomic E-state index is 13.6. The van der Waals surface area contributed by atoms with Crippen LogP contribution in [0.15, 0.2) is 35.3 Å². The first-order valence-electron chi connectivity index (χ1n) is 12.9. The summed E-state index contributed by atoms with van der Waals surface area (Å²) in [6.07, 6.45) is -0.415. The highest BCUT2D eigenvalue weighted by Gasteiger charge is 2.44. The van der Waals surface area contributed by atoms with Gasteiger partial charge in [0.1, 0.15) is 18.1 Å². The van der Waals surface area contributed by atoms with Crippen molar-refractivity contribution < 1.29 is 33.9 Å². The van der Waals surface area contributed by atoms with Gasteiger partial charge in [0.05, 0.1) is 12.5 Å². The van der Waals surface area contributed by atoms with Crippen LogP contribution in [-0.2, 0) is 30.4 Å². The summed E-state index contributed by atoms with van der Waals surface area (Å²) < 4.78 is 0. The minimum absolute atomic E-state index is 0.0422. The molecule has 2 rings (SSSR count). The van der Waals surface area contributed by atoms with E-state index >= 15 is 0 Å². The Morgan fingerprint density at radius 3 is 2.29 bits per heavy atom. The number of hydrazine groups is 1. The quantitative estimate of drug-likeness (QED) is 0.0637. The second-order valence-corrected chi connectivity index (χ2v) is 9.78. The van der Waals surface area contributed by atoms with Crippen molar-refractivity contribution in [3.63, 3.8) is 0 Å². The molecule has 0 aromatic heterocycles. The molecule has 1 aliphatic heterocycles. The van der Waals surface area contributed by atoms with Crippen molar-refractivity contribution in [1.29, 1.82) is 0 Å². The number of carboxylic acids is 1. The van der Waals surface area contributed by atoms with E-state index in [1.165, 1.54) is 0 Å². The predicted octanol–water partition coefficient (Wildman–Crippen LogP) is -2.34. The van der Waals surface area contributed by atoms with E-state index in [1.54, 1.807) is 44.2 Å². The number of hydrogen-bond acceptors (Lipinski definition) is 8. The van der Waals surface area contributed by atoms with Gasteiger partial charge in [0.15, 0.2) is 5.96 Å². The molecule has 1 fully saturated rings. The maximum Gasteiger partial charge on any atom is 0.343 e. The third-order valence-electron chi connectivity index (χ3n) is 6.18. The van der Waals surface area contributed by atoms with Crippen LogP contribution < -0.4 is 38.7 Å². The van der Waals surface area contributed by atoms with E-state index in [1.807, 2.05) is 5.43 Å². The molecule has 16 nitrogen and oxygen atoms in total. The number of nitrogens with one attached hydrogen (secondary N) is 4. The van der Waals surface area contributed by atoms with E-state index in [2.05, 4.69) is 21.1 Å². The number of urea groups is 1. The number of amides is 6. The normalized spacial score (nSPS) is 20.0. The van der Waals surface area contributed by atoms with Crippen LogP contribution in [-0.4, -0.2) is 82.3 Å². The summed E-state index contributed by atoms with van der Waals surface area (Å²) in [7, 11) is 0. The number of carboxylic acid groups (broad SMARTS) is 1. The molecule has 0 bridgehead atoms. The first-order valence-corrected chi connectivity index (χ1v) is 12.9. The van der Waals surface area contributed by atoms with Crippen LogP contribution >= 0.6 is 0 Å². The second-order valence-electron chi connectivity index (χ2n) is 9.78. The Labute approximate surface area is 236 Å². The molecule has 1 saturated heterocycles. The molecule has 1 aliphatic rings. The van der Waals surface area contributed by atoms with Crippen LogP contribution in [0.2, 0.25) is 0 Å². The summed E-state index contributed by atoms with van der Waals surface area (Å²) in [6, 6.07) is 2.03. The Balaban J connectivity index is 2.31. The molecular formula is C25H37N9O7. The SMILES string of the molecule is CC(C)[C@H]1NC(=O)[C@H](Cc2ccccc2)NC(=O)[C@H](CC(=O)O)N(C(=O)NNC(=O)[C@@H](N)CCCN=C(N)N)C1=O. The zero-order chi connectivity index (χ0) is 30.7. The highest BCUT2D eigenvalue weighted by molar-refractivity contribution is 6.06. The molecule has 0 unspecified atom stereocenters. The van der Waals surface area contributed by atoms with Crippen molar-refractivity contribution >= 4 is 41.6 Å². The average Bonchev–Trinajstić information content (AvgIpc) is 2.94. The van der Waals surface area contributed by atoms with Gasteiger partial charge in [0.25, 0.3) is 11.8 Å². The first-order chi connectivity index (χ1) is 19.3. The van der Waals surface area contributed by atoms with E-state index in [-0.39, 0.29) is 25.3 Å². The van der Waals surface area contributed by atoms with E-state index in [0.717, 1.165) is 0 Å². The number of aliphatic carboxylic acids is 1. The summed E-state index contributed by atoms with van der Waals surface area (Å²) in [5, 5.41) is 14.6. The molecule has 0 radical (unpaired) electrons. The predicted molar refractivity (Wildman–Crippen MR) is 146 cm³/mol. The zero-order valence-electron chi connectivity index (χ0n) is 22.8. The summed E-state index contributed by atoms with van der Waals surface area (Å²) in [6.45, 7) is 3.43. The molecule has 0 aliphatic carbocycles. The lowest BCUT2D eigenvalue weighted by Crippen LogP contribution is -2.62. The van der Waals surface area contributed by atoms with Crippen molar-refractivity contribution in [2.75, 3.05) is 6.54 Å². The topological polar surface area (TPSA) is 264 Å². The fourth-order valence-electron chi connectivity index (χ4n) is 4.02. The summed E-state index contributed by atoms with van der Waals surface area (Å²) in [5.41, 5.74) is 21.1. The standard InChI is InChI=1S/C25H37N9O7/c1-13(2)19-23(40)34(25(41)33-32-20(37)15(26)9-6-10-29-24(27)28)17(12-18(35)36)22(39)30-16(21(38)31-19)11-14-7-4-3-5-8-14/h3-5,7-8,13,15-17,19H,6,9-12,26H2,1-2H3,(H,30,39)(H,31,38)(H,32,37)(H,33,41)(H,35,36)(H4,27,28,29)/t15-,16-,17-,19+/m0/s1. The molecule has 0 saturated carbocycles. The summed E-state index contributed by atoms with van der Waals surface area (Å²) >= 11 is 0. The minimum atomic E-state index is -1.85. The second kappa shape index (κ2) is 15.2. The lowest BCUT2D eigenvalue weighted by Gasteiger charge is -2.31. The third-order valence-corrected chi connectivity index (χ3v) is 6.18. The lowest BCUT2D eigenvalue weighted by atomic mass is 10.0. The number of nitrogens with two attached hydrogens (primary N) is 3. The van der Waals surface area contributed by atoms with E-state index in [9.17, 15) is 33.9 Å². The molecule has 11 N–H and O–H groups in total. The lowest BCUT2D eigenvalue weighted by molar-refractivity contribution is -0.145. The van der Waals surface area contributed by atoms with Gasteiger partial charge < -0.3 is 32.9 Å². The number of nitrogens with zero attached hydrogens (tertiary/aromatic N) is 2. The molecule has 4 atom stereocenters. The Morgan fingerprint density at radius 1 is 1.05 bits per heavy atom. The minimum Gasteiger partial charge on any atom is -0.481 e. The number of carbonyl (C=O) groups excluding carboxylic acids is 5. The van der Waals surface area contributed by atoms with E-state index < -0.39 is 72.1 Å². The zero-order valence-corrected chi connectivity index (χ0v) is 22.8. The van der Waals surface area contributed by atoms with E-state index in [0.29, 0.717) is 16.9 Å². The third kappa shape index (κ3) is 9.75. The van der Waals surface area contributed by atoms with Crippen LogP contribution in [0.3, 0.4) is 0 Å². The number of aliphatic imine (C=N–C) groups is 1. The number of guanidine groups is 1. The molecule has 0 spiro atoms. The van der Waals surface area contributed by atoms with E-state index in [4.69, 9.17) is 17.2 Å². The number of carbonyl (C=O) groups is 6. The van der Waals surface area contributed by atoms with Crippen LogP contribution in [0.25, 0.3) is 0 Å². The van der Waals surface area contributed by atoms with Gasteiger partial charge in [0, 0.05) is 13.0 Å². The monoisotopic (exact) mass is 575 g/mol. The van der Waals surface area contributed by atoms with Crippen molar-refractivity contribution in [1.82, 2.24) is 26.4 Å². The fraction of sp³-hybridized carbons (Fsp3) is 0.480. The molecule has 224 valence electrons. The molecule has 16 heteroatoms. The Kier molecular flexibility index (Phi) is 12.0. The highest BCUT2D eigenvalue weighted by Crippen LogP contribution is 2.16. The Bertz CT molecular complexity index is 1160. The average molecular weight is 576 g/mol. The molecule has 6 amide bonds. The molecule has 41 heavy (non-hydrogen) atoms. The van der Waals surface area contributed by atoms with Crippen LogP contribution in [0.4, 0.5) is 4.79 Å². The molecule has 1 aromatic rings. The van der Waals surface area contributed by atoms with Gasteiger partial charge in [-0.1, -0.05) is 44.2 Å². The van der Waals surface area contributed by atoms with Gasteiger partial charge >= 0.3 is 12.0 Å². The number of imide groups is 1.